The topological polar surface area (TPSA) is 522 Å². The molecule has 10 atom stereocenters. The minimum atomic E-state index is -1.33. The Morgan fingerprint density at radius 3 is 1.13 bits per heavy atom. The van der Waals surface area contributed by atoms with Crippen LogP contribution in [0.25, 0.3) is 10.9 Å². The second-order valence-corrected chi connectivity index (χ2v) is 26.7. The first-order chi connectivity index (χ1) is 46.4. The van der Waals surface area contributed by atoms with Crippen molar-refractivity contribution < 1.29 is 53.1 Å². The minimum Gasteiger partial charge on any atom is -0.480 e. The number of guanidine groups is 2. The molecular weight excluding hydrogens is 1260 g/mol. The largest absolute Gasteiger partial charge is 0.480 e. The molecular formula is C68H113N19O11. The number of aromatic nitrogens is 1. The fourth-order valence-corrected chi connectivity index (χ4v) is 11.0. The van der Waals surface area contributed by atoms with Crippen LogP contribution in [0.15, 0.2) is 70.8 Å². The van der Waals surface area contributed by atoms with Gasteiger partial charge >= 0.3 is 5.97 Å². The van der Waals surface area contributed by atoms with Crippen molar-refractivity contribution in [1.29, 1.82) is 0 Å². The predicted molar refractivity (Wildman–Crippen MR) is 379 cm³/mol. The summed E-state index contributed by atoms with van der Waals surface area (Å²) < 4.78 is 0. The summed E-state index contributed by atoms with van der Waals surface area (Å²) in [6.45, 7) is 15.5. The number of aliphatic carboxylic acids is 1. The molecule has 0 bridgehead atoms. The molecule has 3 rings (SSSR count). The van der Waals surface area contributed by atoms with E-state index in [4.69, 9.17) is 40.1 Å². The van der Waals surface area contributed by atoms with Crippen LogP contribution in [0.3, 0.4) is 0 Å². The van der Waals surface area contributed by atoms with Crippen molar-refractivity contribution in [2.45, 2.75) is 219 Å². The van der Waals surface area contributed by atoms with Crippen molar-refractivity contribution in [2.75, 3.05) is 26.2 Å². The molecule has 1 heterocycles. The number of nitrogens with two attached hydrogens (primary N) is 7. The molecule has 546 valence electrons. The number of nitrogens with one attached hydrogen (secondary N) is 10. The van der Waals surface area contributed by atoms with Crippen molar-refractivity contribution in [1.82, 2.24) is 52.8 Å². The molecule has 0 fully saturated rings. The summed E-state index contributed by atoms with van der Waals surface area (Å²) in [7, 11) is 0. The average molecular weight is 1370 g/mol. The monoisotopic (exact) mass is 1370 g/mol. The highest BCUT2D eigenvalue weighted by molar-refractivity contribution is 5.99. The molecule has 25 N–H and O–H groups in total. The zero-order valence-corrected chi connectivity index (χ0v) is 58.5. The Hall–Kier alpha value is -8.90. The zero-order chi connectivity index (χ0) is 73.0. The van der Waals surface area contributed by atoms with Gasteiger partial charge in [0.1, 0.15) is 54.4 Å². The number of benzene rings is 2. The normalized spacial score (nSPS) is 14.4. The van der Waals surface area contributed by atoms with Crippen molar-refractivity contribution in [3.63, 3.8) is 0 Å². The number of aliphatic imine (C=N–C) groups is 2. The Labute approximate surface area is 576 Å². The second kappa shape index (κ2) is 44.1. The number of carboxylic acids is 1. The average Bonchev–Trinajstić information content (AvgIpc) is 1.48. The number of carboxylic acid groups (broad SMARTS) is 1. The third-order valence-electron chi connectivity index (χ3n) is 16.0. The number of H-pyrrole nitrogens is 1. The van der Waals surface area contributed by atoms with Crippen LogP contribution in [0.2, 0.25) is 0 Å². The Bertz CT molecular complexity index is 3080. The smallest absolute Gasteiger partial charge is 0.326 e. The molecule has 0 saturated heterocycles. The Morgan fingerprint density at radius 2 is 0.745 bits per heavy atom. The van der Waals surface area contributed by atoms with E-state index >= 15 is 0 Å². The molecule has 98 heavy (non-hydrogen) atoms. The number of carbonyl (C=O) groups is 10. The van der Waals surface area contributed by atoms with Crippen LogP contribution in [0, 0.1) is 23.7 Å². The van der Waals surface area contributed by atoms with Crippen LogP contribution in [-0.2, 0) is 60.8 Å². The molecule has 0 aliphatic carbocycles. The van der Waals surface area contributed by atoms with E-state index in [0.29, 0.717) is 49.8 Å². The number of carbonyl (C=O) groups excluding carboxylic acids is 9. The molecule has 0 unspecified atom stereocenters. The van der Waals surface area contributed by atoms with E-state index in [1.807, 2.05) is 79.7 Å². The van der Waals surface area contributed by atoms with E-state index in [9.17, 15) is 53.1 Å². The van der Waals surface area contributed by atoms with Crippen LogP contribution in [0.4, 0.5) is 0 Å². The first-order valence-electron chi connectivity index (χ1n) is 34.2. The summed E-state index contributed by atoms with van der Waals surface area (Å²) >= 11 is 0. The van der Waals surface area contributed by atoms with Gasteiger partial charge < -0.3 is 98.1 Å². The highest BCUT2D eigenvalue weighted by Crippen LogP contribution is 2.21. The molecule has 9 amide bonds. The molecule has 2 aromatic carbocycles. The zero-order valence-electron chi connectivity index (χ0n) is 58.5. The number of amides is 9. The molecule has 0 aliphatic heterocycles. The number of fused-ring (bicyclic) bond motifs is 1. The highest BCUT2D eigenvalue weighted by Gasteiger charge is 2.37. The maximum Gasteiger partial charge on any atom is 0.326 e. The lowest BCUT2D eigenvalue weighted by Crippen LogP contribution is -2.61. The molecule has 3 aromatic rings. The summed E-state index contributed by atoms with van der Waals surface area (Å²) in [6, 6.07) is 3.67. The molecule has 0 saturated carbocycles. The van der Waals surface area contributed by atoms with Crippen molar-refractivity contribution >= 4 is 82.0 Å². The van der Waals surface area contributed by atoms with Gasteiger partial charge in [0.15, 0.2) is 11.9 Å². The maximum atomic E-state index is 14.7. The molecule has 30 nitrogen and oxygen atoms in total. The summed E-state index contributed by atoms with van der Waals surface area (Å²) in [6.07, 6.45) is 4.67. The van der Waals surface area contributed by atoms with E-state index in [2.05, 4.69) is 62.8 Å². The lowest BCUT2D eigenvalue weighted by molar-refractivity contribution is -0.142. The molecule has 0 spiro atoms. The Balaban J connectivity index is 1.93. The Morgan fingerprint density at radius 1 is 0.408 bits per heavy atom. The number of hydrogen-bond acceptors (Lipinski definition) is 15. The van der Waals surface area contributed by atoms with Gasteiger partial charge in [0, 0.05) is 43.0 Å². The standard InChI is InChI=1S/C68H113N19O11/c1-39(2)32-51(61(92)80-48(25-14-16-28-69)58(89)79-49(26-15-17-29-70)60(91)87-56(66(97)98)36-43-20-10-9-11-21-43)84-63(94)53(34-41(5)6)86-64(95)54(35-42(7)8)85-62(93)52(33-40(3)4)83-59(90)50(27-19-31-77-68(74)75)81-65(96)55(37-44-38-78-47-24-13-12-22-45(44)47)82-57(88)46(71)23-18-30-76-67(72)73/h9-13,20-22,24,38-42,46,48-56,78H,14-19,23,25-37,69-71H2,1-8H3,(H,79,89)(H,80,92)(H,81,96)(H,82,88)(H,83,90)(H,84,94)(H,85,93)(H,86,95)(H,87,91)(H,97,98)(H4,72,73,76)(H4,74,75,77)/t46-,48-,49-,50-,51-,52-,53-,54-,55-,56-/m0/s1. The van der Waals surface area contributed by atoms with Gasteiger partial charge in [-0.1, -0.05) is 104 Å². The van der Waals surface area contributed by atoms with E-state index < -0.39 is 120 Å². The number of hydrogen-bond donors (Lipinski definition) is 18. The van der Waals surface area contributed by atoms with Gasteiger partial charge in [0.2, 0.25) is 53.2 Å². The first-order valence-corrected chi connectivity index (χ1v) is 34.2. The van der Waals surface area contributed by atoms with Gasteiger partial charge in [-0.2, -0.15) is 0 Å². The number of rotatable bonds is 47. The molecule has 1 aromatic heterocycles. The molecule has 30 heteroatoms. The maximum absolute atomic E-state index is 14.7. The SMILES string of the molecule is CC(C)C[C@H](NC(=O)[C@H](CC(C)C)NC(=O)[C@H](CC(C)C)NC(=O)[C@H](CC(C)C)NC(=O)[C@H](CCCN=C(N)N)NC(=O)[C@H](Cc1c[nH]c2ccccc12)NC(=O)[C@@H](N)CCCN=C(N)N)C(=O)N[C@@H](CCCCN)C(=O)N[C@@H](CCCCN)C(=O)N[C@@H](Cc1ccccc1)C(=O)O. The lowest BCUT2D eigenvalue weighted by Gasteiger charge is -2.30. The van der Waals surface area contributed by atoms with Crippen molar-refractivity contribution in [3.05, 3.63) is 71.9 Å². The summed E-state index contributed by atoms with van der Waals surface area (Å²) in [5.41, 5.74) is 42.2. The third-order valence-corrected chi connectivity index (χ3v) is 16.0. The van der Waals surface area contributed by atoms with Crippen molar-refractivity contribution in [2.24, 2.45) is 73.8 Å². The molecule has 0 aliphatic rings. The number of unbranched alkanes of at least 4 members (excludes halogenated alkanes) is 2. The Kier molecular flexibility index (Phi) is 37.5. The highest BCUT2D eigenvalue weighted by atomic mass is 16.4. The summed E-state index contributed by atoms with van der Waals surface area (Å²) in [4.78, 5) is 153. The summed E-state index contributed by atoms with van der Waals surface area (Å²) in [5.74, 6) is -8.92. The van der Waals surface area contributed by atoms with Gasteiger partial charge in [0.25, 0.3) is 0 Å². The van der Waals surface area contributed by atoms with E-state index in [1.165, 1.54) is 0 Å². The van der Waals surface area contributed by atoms with Gasteiger partial charge in [-0.15, -0.1) is 0 Å². The fraction of sp³-hybridized carbons (Fsp3) is 0.618. The van der Waals surface area contributed by atoms with Crippen LogP contribution >= 0.6 is 0 Å². The van der Waals surface area contributed by atoms with E-state index in [-0.39, 0.29) is 126 Å². The number of para-hydroxylation sites is 1. The minimum absolute atomic E-state index is 0.0220. The third kappa shape index (κ3) is 31.5. The van der Waals surface area contributed by atoms with Gasteiger partial charge in [0.05, 0.1) is 6.04 Å². The van der Waals surface area contributed by atoms with E-state index in [0.717, 1.165) is 10.9 Å². The lowest BCUT2D eigenvalue weighted by atomic mass is 9.97. The fourth-order valence-electron chi connectivity index (χ4n) is 11.0. The molecule has 0 radical (unpaired) electrons. The quantitative estimate of drug-likeness (QED) is 0.0205. The van der Waals surface area contributed by atoms with E-state index in [1.54, 1.807) is 36.5 Å². The van der Waals surface area contributed by atoms with Crippen LogP contribution in [0.5, 0.6) is 0 Å². The van der Waals surface area contributed by atoms with Crippen LogP contribution in [0.1, 0.15) is 156 Å². The van der Waals surface area contributed by atoms with Crippen LogP contribution in [-0.4, -0.2) is 168 Å². The number of aromatic amines is 1. The summed E-state index contributed by atoms with van der Waals surface area (Å²) in [5, 5.41) is 35.9. The first kappa shape index (κ1) is 83.3. The second-order valence-electron chi connectivity index (χ2n) is 26.7. The van der Waals surface area contributed by atoms with Crippen LogP contribution < -0.4 is 88.0 Å². The number of nitrogens with zero attached hydrogens (tertiary/aromatic N) is 2. The van der Waals surface area contributed by atoms with Gasteiger partial charge in [-0.05, 0) is 144 Å². The van der Waals surface area contributed by atoms with Crippen molar-refractivity contribution in [3.8, 4) is 0 Å². The van der Waals surface area contributed by atoms with Gasteiger partial charge in [-0.25, -0.2) is 4.79 Å². The predicted octanol–water partition coefficient (Wildman–Crippen LogP) is 0.278. The van der Waals surface area contributed by atoms with Gasteiger partial charge in [-0.3, -0.25) is 53.1 Å².